The van der Waals surface area contributed by atoms with Crippen molar-refractivity contribution in [1.29, 1.82) is 5.41 Å². The molecule has 8 rings (SSSR count). The van der Waals surface area contributed by atoms with Gasteiger partial charge in [-0.2, -0.15) is 0 Å². The van der Waals surface area contributed by atoms with Crippen molar-refractivity contribution in [2.24, 2.45) is 4.99 Å². The Morgan fingerprint density at radius 1 is 0.347 bits per heavy atom. The lowest BCUT2D eigenvalue weighted by Crippen LogP contribution is -2.17. The van der Waals surface area contributed by atoms with E-state index in [0.29, 0.717) is 5.84 Å². The van der Waals surface area contributed by atoms with Crippen molar-refractivity contribution in [2.45, 2.75) is 126 Å². The van der Waals surface area contributed by atoms with Gasteiger partial charge in [-0.1, -0.05) is 198 Å². The molecule has 3 nitrogen and oxygen atoms in total. The van der Waals surface area contributed by atoms with Crippen LogP contribution in [0, 0.1) is 19.3 Å². The van der Waals surface area contributed by atoms with Crippen LogP contribution in [0.25, 0.3) is 66.8 Å². The van der Waals surface area contributed by atoms with Crippen LogP contribution in [0.2, 0.25) is 0 Å². The van der Waals surface area contributed by atoms with E-state index < -0.39 is 0 Å². The molecule has 0 heterocycles. The molecule has 0 unspecified atom stereocenters. The normalized spacial score (nSPS) is 12.5. The number of amidine groups is 2. The molecule has 0 spiro atoms. The first kappa shape index (κ1) is 51.3. The van der Waals surface area contributed by atoms with Gasteiger partial charge in [0.2, 0.25) is 0 Å². The molecular weight excluding hydrogens is 871 g/mol. The Kier molecular flexibility index (Phi) is 14.1. The summed E-state index contributed by atoms with van der Waals surface area (Å²) in [6.07, 6.45) is 0. The topological polar surface area (TPSA) is 48.2 Å². The van der Waals surface area contributed by atoms with Crippen molar-refractivity contribution in [3.05, 3.63) is 209 Å². The number of benzene rings is 8. The molecule has 0 bridgehead atoms. The van der Waals surface area contributed by atoms with Gasteiger partial charge < -0.3 is 5.32 Å². The molecular formula is C69H75N3. The molecule has 0 aromatic heterocycles. The summed E-state index contributed by atoms with van der Waals surface area (Å²) in [7, 11) is 0. The molecule has 0 amide bonds. The Morgan fingerprint density at radius 2 is 0.625 bits per heavy atom. The third-order valence-electron chi connectivity index (χ3n) is 14.1. The Hall–Kier alpha value is -7.10. The van der Waals surface area contributed by atoms with E-state index in [2.05, 4.69) is 272 Å². The van der Waals surface area contributed by atoms with Gasteiger partial charge in [0.25, 0.3) is 0 Å². The minimum absolute atomic E-state index is 0.0670. The first-order chi connectivity index (χ1) is 33.8. The standard InChI is InChI=1S/C69H75N3/c1-44-35-53(59-42-56(49-23-31-62(32-24-49)68(10,11)12)39-57(43-59)50-25-33-63(34-26-50)69(13,14)15)36-45(2)64(44)72-65(71-46(3)70)52-18-16-17-51(37-52)58-40-54(47-19-27-60(28-20-47)66(4,5)6)38-55(41-58)48-21-29-61(30-22-48)67(7,8)9/h16-43H,1-15H3,(H2,70,71,72). The summed E-state index contributed by atoms with van der Waals surface area (Å²) in [5.74, 6) is 0.865. The van der Waals surface area contributed by atoms with Crippen LogP contribution in [0.3, 0.4) is 0 Å². The van der Waals surface area contributed by atoms with Gasteiger partial charge in [-0.15, -0.1) is 0 Å². The maximum Gasteiger partial charge on any atom is 0.139 e. The molecule has 8 aromatic carbocycles. The Bertz CT molecular complexity index is 3110. The Labute approximate surface area is 432 Å². The molecule has 0 atom stereocenters. The molecule has 0 aliphatic carbocycles. The van der Waals surface area contributed by atoms with Crippen LogP contribution >= 0.6 is 0 Å². The first-order valence-electron chi connectivity index (χ1n) is 25.7. The van der Waals surface area contributed by atoms with Crippen molar-refractivity contribution in [1.82, 2.24) is 0 Å². The van der Waals surface area contributed by atoms with Crippen LogP contribution in [-0.4, -0.2) is 11.7 Å². The molecule has 0 fully saturated rings. The average Bonchev–Trinajstić information content (AvgIpc) is 3.33. The van der Waals surface area contributed by atoms with E-state index >= 15 is 0 Å². The number of aliphatic imine (C=N–C) groups is 1. The SMILES string of the molecule is CC(=N)N=C(Nc1c(C)cc(-c2cc(-c3ccc(C(C)(C)C)cc3)cc(-c3ccc(C(C)(C)C)cc3)c2)cc1C)c1cccc(-c2cc(-c3ccc(C(C)(C)C)cc3)cc(-c3ccc(C(C)(C)C)cc3)c2)c1. The first-order valence-corrected chi connectivity index (χ1v) is 25.7. The highest BCUT2D eigenvalue weighted by Crippen LogP contribution is 2.39. The predicted octanol–water partition coefficient (Wildman–Crippen LogP) is 19.4. The van der Waals surface area contributed by atoms with Crippen LogP contribution in [0.15, 0.2) is 175 Å². The summed E-state index contributed by atoms with van der Waals surface area (Å²) in [5, 5.41) is 12.4. The smallest absolute Gasteiger partial charge is 0.139 e. The van der Waals surface area contributed by atoms with Crippen LogP contribution in [-0.2, 0) is 21.7 Å². The van der Waals surface area contributed by atoms with E-state index in [1.165, 1.54) is 55.6 Å². The van der Waals surface area contributed by atoms with Gasteiger partial charge in [0.05, 0.1) is 0 Å². The van der Waals surface area contributed by atoms with Gasteiger partial charge in [0, 0.05) is 11.3 Å². The van der Waals surface area contributed by atoms with Crippen molar-refractivity contribution in [3.8, 4) is 66.8 Å². The highest BCUT2D eigenvalue weighted by atomic mass is 15.0. The summed E-state index contributed by atoms with van der Waals surface area (Å²) >= 11 is 0. The maximum absolute atomic E-state index is 8.60. The molecule has 0 saturated carbocycles. The lowest BCUT2D eigenvalue weighted by molar-refractivity contribution is 0.590. The molecule has 3 heteroatoms. The highest BCUT2D eigenvalue weighted by Gasteiger charge is 2.20. The lowest BCUT2D eigenvalue weighted by Gasteiger charge is -2.20. The predicted molar refractivity (Wildman–Crippen MR) is 313 cm³/mol. The van der Waals surface area contributed by atoms with Gasteiger partial charge in [-0.05, 0) is 197 Å². The fraction of sp³-hybridized carbons (Fsp3) is 0.275. The van der Waals surface area contributed by atoms with Gasteiger partial charge in [-0.25, -0.2) is 4.99 Å². The van der Waals surface area contributed by atoms with E-state index in [1.54, 1.807) is 6.92 Å². The van der Waals surface area contributed by atoms with Crippen molar-refractivity contribution >= 4 is 17.4 Å². The minimum Gasteiger partial charge on any atom is -0.339 e. The molecule has 0 saturated heterocycles. The maximum atomic E-state index is 8.60. The number of aryl methyl sites for hydroxylation is 2. The second-order valence-electron chi connectivity index (χ2n) is 24.1. The summed E-state index contributed by atoms with van der Waals surface area (Å²) in [4.78, 5) is 4.85. The summed E-state index contributed by atoms with van der Waals surface area (Å²) in [6, 6.07) is 63.3. The van der Waals surface area contributed by atoms with Crippen molar-refractivity contribution < 1.29 is 0 Å². The van der Waals surface area contributed by atoms with Crippen molar-refractivity contribution in [2.75, 3.05) is 5.32 Å². The largest absolute Gasteiger partial charge is 0.339 e. The second kappa shape index (κ2) is 19.8. The van der Waals surface area contributed by atoms with Crippen LogP contribution in [0.5, 0.6) is 0 Å². The molecule has 72 heavy (non-hydrogen) atoms. The second-order valence-corrected chi connectivity index (χ2v) is 24.1. The molecule has 2 N–H and O–H groups in total. The quantitative estimate of drug-likeness (QED) is 0.116. The van der Waals surface area contributed by atoms with E-state index in [4.69, 9.17) is 10.4 Å². The van der Waals surface area contributed by atoms with Gasteiger partial charge >= 0.3 is 0 Å². The van der Waals surface area contributed by atoms with E-state index in [1.807, 2.05) is 0 Å². The molecule has 366 valence electrons. The number of rotatable bonds is 8. The molecule has 8 aromatic rings. The number of hydrogen-bond donors (Lipinski definition) is 2. The van der Waals surface area contributed by atoms with Gasteiger partial charge in [0.15, 0.2) is 0 Å². The van der Waals surface area contributed by atoms with Crippen LogP contribution in [0.1, 0.15) is 129 Å². The summed E-state index contributed by atoms with van der Waals surface area (Å²) in [5.41, 5.74) is 23.6. The lowest BCUT2D eigenvalue weighted by atomic mass is 9.85. The average molecular weight is 946 g/mol. The van der Waals surface area contributed by atoms with Gasteiger partial charge in [0.1, 0.15) is 11.7 Å². The highest BCUT2D eigenvalue weighted by molar-refractivity contribution is 6.13. The Balaban J connectivity index is 1.17. The minimum atomic E-state index is 0.0670. The summed E-state index contributed by atoms with van der Waals surface area (Å²) in [6.45, 7) is 33.2. The molecule has 0 aliphatic rings. The van der Waals surface area contributed by atoms with Crippen molar-refractivity contribution in [3.63, 3.8) is 0 Å². The van der Waals surface area contributed by atoms with Crippen LogP contribution < -0.4 is 5.32 Å². The van der Waals surface area contributed by atoms with E-state index in [9.17, 15) is 0 Å². The monoisotopic (exact) mass is 946 g/mol. The number of anilines is 1. The number of hydrogen-bond acceptors (Lipinski definition) is 1. The summed E-state index contributed by atoms with van der Waals surface area (Å²) < 4.78 is 0. The van der Waals surface area contributed by atoms with E-state index in [0.717, 1.165) is 55.8 Å². The zero-order valence-electron chi connectivity index (χ0n) is 45.6. The van der Waals surface area contributed by atoms with E-state index in [-0.39, 0.29) is 27.5 Å². The molecule has 0 aliphatic heterocycles. The fourth-order valence-corrected chi connectivity index (χ4v) is 9.53. The third-order valence-corrected chi connectivity index (χ3v) is 14.1. The zero-order chi connectivity index (χ0) is 51.9. The fourth-order valence-electron chi connectivity index (χ4n) is 9.53. The third kappa shape index (κ3) is 11.8. The number of nitrogens with zero attached hydrogens (tertiary/aromatic N) is 1. The van der Waals surface area contributed by atoms with Gasteiger partial charge in [-0.3, -0.25) is 5.41 Å². The molecule has 0 radical (unpaired) electrons. The number of nitrogens with one attached hydrogen (secondary N) is 2. The Morgan fingerprint density at radius 3 is 0.917 bits per heavy atom. The zero-order valence-corrected chi connectivity index (χ0v) is 45.6. The van der Waals surface area contributed by atoms with Crippen LogP contribution in [0.4, 0.5) is 5.69 Å².